The van der Waals surface area contributed by atoms with Crippen molar-refractivity contribution in [1.29, 1.82) is 0 Å². The lowest BCUT2D eigenvalue weighted by Gasteiger charge is -2.40. The Hall–Kier alpha value is -2.03. The van der Waals surface area contributed by atoms with Crippen LogP contribution in [-0.2, 0) is 4.79 Å². The second-order valence-corrected chi connectivity index (χ2v) is 4.74. The largest absolute Gasteiger partial charge is 0.479 e. The molecule has 0 radical (unpaired) electrons. The number of nitrogens with zero attached hydrogens (tertiary/aromatic N) is 1. The minimum Gasteiger partial charge on any atom is -0.479 e. The van der Waals surface area contributed by atoms with E-state index in [-0.39, 0.29) is 5.69 Å². The number of alkyl halides is 2. The van der Waals surface area contributed by atoms with Crippen molar-refractivity contribution >= 4 is 17.3 Å². The molecule has 0 aromatic heterocycles. The molecule has 9 heteroatoms. The lowest BCUT2D eigenvalue weighted by molar-refractivity contribution is -0.145. The van der Waals surface area contributed by atoms with Crippen molar-refractivity contribution in [2.24, 2.45) is 0 Å². The summed E-state index contributed by atoms with van der Waals surface area (Å²) >= 11 is 0. The molecule has 1 aliphatic heterocycles. The lowest BCUT2D eigenvalue weighted by atomic mass is 10.1. The van der Waals surface area contributed by atoms with Gasteiger partial charge in [-0.2, -0.15) is 0 Å². The fraction of sp³-hybridized carbons (Fsp3) is 0.417. The molecule has 1 aromatic rings. The third-order valence-corrected chi connectivity index (χ3v) is 2.96. The monoisotopic (exact) mass is 308 g/mol. The van der Waals surface area contributed by atoms with Crippen molar-refractivity contribution in [2.75, 3.05) is 29.9 Å². The molecule has 1 saturated heterocycles. The van der Waals surface area contributed by atoms with Gasteiger partial charge in [0.1, 0.15) is 5.69 Å². The topological polar surface area (TPSA) is 72.8 Å². The Kier molecular flexibility index (Phi) is 3.95. The Balaban J connectivity index is 2.09. The summed E-state index contributed by atoms with van der Waals surface area (Å²) in [4.78, 5) is 11.3. The van der Waals surface area contributed by atoms with Crippen molar-refractivity contribution < 1.29 is 32.6 Å². The summed E-state index contributed by atoms with van der Waals surface area (Å²) < 4.78 is 53.0. The Labute approximate surface area is 116 Å². The number of anilines is 2. The Morgan fingerprint density at radius 3 is 2.29 bits per heavy atom. The number of hydrogen-bond donors (Lipinski definition) is 3. The van der Waals surface area contributed by atoms with Crippen LogP contribution in [0.25, 0.3) is 0 Å². The predicted molar refractivity (Wildman–Crippen MR) is 65.7 cm³/mol. The van der Waals surface area contributed by atoms with Gasteiger partial charge in [-0.15, -0.1) is 0 Å². The highest BCUT2D eigenvalue weighted by Gasteiger charge is 2.45. The summed E-state index contributed by atoms with van der Waals surface area (Å²) in [5.74, 6) is -6.53. The standard InChI is InChI=1S/C12H12F4N2O3/c13-7-1-6(17-3-9(19)11(20)21)2-8(14)10(7)18-4-12(15,16)5-18/h1-2,9,17,19H,3-5H2,(H,20,21)/t9-/m1/s1. The van der Waals surface area contributed by atoms with Gasteiger partial charge in [-0.05, 0) is 12.1 Å². The van der Waals surface area contributed by atoms with E-state index in [9.17, 15) is 22.4 Å². The first-order valence-corrected chi connectivity index (χ1v) is 5.96. The molecule has 1 atom stereocenters. The second-order valence-electron chi connectivity index (χ2n) is 4.74. The molecule has 1 aromatic carbocycles. The van der Waals surface area contributed by atoms with Crippen LogP contribution in [0.15, 0.2) is 12.1 Å². The van der Waals surface area contributed by atoms with Gasteiger partial charge in [0, 0.05) is 5.69 Å². The fourth-order valence-corrected chi connectivity index (χ4v) is 1.94. The highest BCUT2D eigenvalue weighted by Crippen LogP contribution is 2.36. The molecule has 1 heterocycles. The predicted octanol–water partition coefficient (Wildman–Crippen LogP) is 1.28. The van der Waals surface area contributed by atoms with E-state index >= 15 is 0 Å². The number of carboxylic acids is 1. The normalized spacial score (nSPS) is 18.0. The van der Waals surface area contributed by atoms with Gasteiger partial charge in [-0.1, -0.05) is 0 Å². The van der Waals surface area contributed by atoms with Gasteiger partial charge in [-0.3, -0.25) is 0 Å². The summed E-state index contributed by atoms with van der Waals surface area (Å²) in [6, 6.07) is 1.70. The highest BCUT2D eigenvalue weighted by atomic mass is 19.3. The number of carbonyl (C=O) groups is 1. The van der Waals surface area contributed by atoms with Gasteiger partial charge >= 0.3 is 5.97 Å². The Morgan fingerprint density at radius 1 is 1.33 bits per heavy atom. The number of aliphatic hydroxyl groups is 1. The van der Waals surface area contributed by atoms with Crippen molar-refractivity contribution in [1.82, 2.24) is 0 Å². The number of hydrogen-bond acceptors (Lipinski definition) is 4. The highest BCUT2D eigenvalue weighted by molar-refractivity contribution is 5.73. The number of carboxylic acid groups (broad SMARTS) is 1. The van der Waals surface area contributed by atoms with Crippen molar-refractivity contribution in [3.05, 3.63) is 23.8 Å². The van der Waals surface area contributed by atoms with Crippen molar-refractivity contribution in [3.63, 3.8) is 0 Å². The van der Waals surface area contributed by atoms with Crippen molar-refractivity contribution in [3.8, 4) is 0 Å². The molecular formula is C12H12F4N2O3. The van der Waals surface area contributed by atoms with Crippen LogP contribution in [0.1, 0.15) is 0 Å². The molecule has 0 bridgehead atoms. The van der Waals surface area contributed by atoms with Gasteiger partial charge < -0.3 is 20.4 Å². The zero-order valence-corrected chi connectivity index (χ0v) is 10.6. The molecule has 0 spiro atoms. The molecule has 0 saturated carbocycles. The van der Waals surface area contributed by atoms with Gasteiger partial charge in [0.2, 0.25) is 0 Å². The average Bonchev–Trinajstić information content (AvgIpc) is 2.32. The molecule has 1 fully saturated rings. The van der Waals surface area contributed by atoms with E-state index in [0.29, 0.717) is 0 Å². The molecule has 0 unspecified atom stereocenters. The zero-order valence-electron chi connectivity index (χ0n) is 10.6. The molecular weight excluding hydrogens is 296 g/mol. The molecule has 21 heavy (non-hydrogen) atoms. The molecule has 5 nitrogen and oxygen atoms in total. The van der Waals surface area contributed by atoms with E-state index < -0.39 is 55.0 Å². The molecule has 1 aliphatic rings. The van der Waals surface area contributed by atoms with Crippen LogP contribution in [-0.4, -0.2) is 47.8 Å². The van der Waals surface area contributed by atoms with Crippen LogP contribution in [0, 0.1) is 11.6 Å². The van der Waals surface area contributed by atoms with E-state index in [2.05, 4.69) is 5.32 Å². The van der Waals surface area contributed by atoms with Gasteiger partial charge in [0.15, 0.2) is 17.7 Å². The van der Waals surface area contributed by atoms with E-state index in [1.54, 1.807) is 0 Å². The maximum absolute atomic E-state index is 13.8. The quantitative estimate of drug-likeness (QED) is 0.715. The van der Waals surface area contributed by atoms with Crippen LogP contribution in [0.2, 0.25) is 0 Å². The molecule has 3 N–H and O–H groups in total. The number of benzene rings is 1. The number of halogens is 4. The van der Waals surface area contributed by atoms with E-state index in [4.69, 9.17) is 10.2 Å². The minimum absolute atomic E-state index is 0.0960. The van der Waals surface area contributed by atoms with Crippen LogP contribution < -0.4 is 10.2 Å². The number of nitrogens with one attached hydrogen (secondary N) is 1. The first-order valence-electron chi connectivity index (χ1n) is 5.96. The second kappa shape index (κ2) is 5.40. The third-order valence-electron chi connectivity index (χ3n) is 2.96. The number of aliphatic hydroxyl groups excluding tert-OH is 1. The minimum atomic E-state index is -2.96. The summed E-state index contributed by atoms with van der Waals surface area (Å²) in [6.45, 7) is -1.97. The smallest absolute Gasteiger partial charge is 0.334 e. The van der Waals surface area contributed by atoms with Gasteiger partial charge in [-0.25, -0.2) is 22.4 Å². The SMILES string of the molecule is O=C(O)[C@H](O)CNc1cc(F)c(N2CC(F)(F)C2)c(F)c1. The van der Waals surface area contributed by atoms with Crippen LogP contribution in [0.4, 0.5) is 28.9 Å². The summed E-state index contributed by atoms with van der Waals surface area (Å²) in [5, 5.41) is 19.8. The summed E-state index contributed by atoms with van der Waals surface area (Å²) in [6.07, 6.45) is -1.73. The molecule has 0 aliphatic carbocycles. The van der Waals surface area contributed by atoms with Crippen LogP contribution in [0.5, 0.6) is 0 Å². The number of rotatable bonds is 5. The lowest BCUT2D eigenvalue weighted by Crippen LogP contribution is -2.57. The Morgan fingerprint density at radius 2 is 1.86 bits per heavy atom. The molecule has 0 amide bonds. The van der Waals surface area contributed by atoms with Crippen molar-refractivity contribution in [2.45, 2.75) is 12.0 Å². The first-order chi connectivity index (χ1) is 9.69. The first kappa shape index (κ1) is 15.4. The number of aliphatic carboxylic acids is 1. The van der Waals surface area contributed by atoms with Gasteiger partial charge in [0.05, 0.1) is 19.6 Å². The average molecular weight is 308 g/mol. The van der Waals surface area contributed by atoms with Crippen LogP contribution in [0.3, 0.4) is 0 Å². The summed E-state index contributed by atoms with van der Waals surface area (Å²) in [7, 11) is 0. The molecule has 116 valence electrons. The van der Waals surface area contributed by atoms with Gasteiger partial charge in [0.25, 0.3) is 5.92 Å². The zero-order chi connectivity index (χ0) is 15.8. The van der Waals surface area contributed by atoms with E-state index in [1.807, 2.05) is 0 Å². The van der Waals surface area contributed by atoms with Crippen LogP contribution >= 0.6 is 0 Å². The molecule has 2 rings (SSSR count). The maximum atomic E-state index is 13.8. The van der Waals surface area contributed by atoms with E-state index in [1.165, 1.54) is 0 Å². The Bertz CT molecular complexity index is 536. The summed E-state index contributed by atoms with van der Waals surface area (Å²) in [5.41, 5.74) is -0.647. The maximum Gasteiger partial charge on any atom is 0.334 e. The van der Waals surface area contributed by atoms with E-state index in [0.717, 1.165) is 17.0 Å². The fourth-order valence-electron chi connectivity index (χ4n) is 1.94. The third kappa shape index (κ3) is 3.35.